The fourth-order valence-corrected chi connectivity index (χ4v) is 2.57. The SMILES string of the molecule is CNC(c1occc1C)c1c(C)cc(C)cc1OC. The number of rotatable bonds is 4. The first kappa shape index (κ1) is 13.7. The Balaban J connectivity index is 2.59. The summed E-state index contributed by atoms with van der Waals surface area (Å²) in [4.78, 5) is 0. The van der Waals surface area contributed by atoms with Crippen LogP contribution in [0.15, 0.2) is 28.9 Å². The maximum Gasteiger partial charge on any atom is 0.128 e. The topological polar surface area (TPSA) is 34.4 Å². The fraction of sp³-hybridized carbons (Fsp3) is 0.375. The summed E-state index contributed by atoms with van der Waals surface area (Å²) in [6.45, 7) is 6.23. The highest BCUT2D eigenvalue weighted by atomic mass is 16.5. The Kier molecular flexibility index (Phi) is 3.96. The number of furan rings is 1. The Labute approximate surface area is 114 Å². The van der Waals surface area contributed by atoms with Gasteiger partial charge in [-0.3, -0.25) is 0 Å². The van der Waals surface area contributed by atoms with E-state index in [9.17, 15) is 0 Å². The summed E-state index contributed by atoms with van der Waals surface area (Å²) in [5.74, 6) is 1.83. The van der Waals surface area contributed by atoms with Crippen LogP contribution in [0.25, 0.3) is 0 Å². The van der Waals surface area contributed by atoms with E-state index in [1.54, 1.807) is 13.4 Å². The molecule has 1 aromatic heterocycles. The van der Waals surface area contributed by atoms with Crippen molar-refractivity contribution in [2.24, 2.45) is 0 Å². The molecule has 1 heterocycles. The van der Waals surface area contributed by atoms with Gasteiger partial charge in [0.2, 0.25) is 0 Å². The molecule has 0 saturated heterocycles. The maximum absolute atomic E-state index is 5.64. The molecule has 1 atom stereocenters. The zero-order chi connectivity index (χ0) is 14.0. The summed E-state index contributed by atoms with van der Waals surface area (Å²) >= 11 is 0. The zero-order valence-electron chi connectivity index (χ0n) is 12.2. The smallest absolute Gasteiger partial charge is 0.128 e. The summed E-state index contributed by atoms with van der Waals surface area (Å²) in [6.07, 6.45) is 1.73. The standard InChI is InChI=1S/C16H21NO2/c1-10-8-12(3)14(13(9-10)18-5)15(17-4)16-11(2)6-7-19-16/h6-9,15,17H,1-5H3. The summed E-state index contributed by atoms with van der Waals surface area (Å²) in [7, 11) is 3.64. The first-order chi connectivity index (χ1) is 9.08. The van der Waals surface area contributed by atoms with Gasteiger partial charge in [-0.2, -0.15) is 0 Å². The number of nitrogens with one attached hydrogen (secondary N) is 1. The van der Waals surface area contributed by atoms with Crippen molar-refractivity contribution < 1.29 is 9.15 Å². The second-order valence-electron chi connectivity index (χ2n) is 4.89. The van der Waals surface area contributed by atoms with Crippen molar-refractivity contribution in [3.05, 3.63) is 52.5 Å². The lowest BCUT2D eigenvalue weighted by Crippen LogP contribution is -2.20. The van der Waals surface area contributed by atoms with Crippen molar-refractivity contribution in [3.63, 3.8) is 0 Å². The Bertz CT molecular complexity index is 572. The van der Waals surface area contributed by atoms with Gasteiger partial charge in [0.1, 0.15) is 11.5 Å². The molecule has 0 amide bonds. The third-order valence-electron chi connectivity index (χ3n) is 3.45. The first-order valence-corrected chi connectivity index (χ1v) is 6.44. The molecule has 0 aliphatic carbocycles. The van der Waals surface area contributed by atoms with E-state index < -0.39 is 0 Å². The van der Waals surface area contributed by atoms with Crippen molar-refractivity contribution in [2.45, 2.75) is 26.8 Å². The van der Waals surface area contributed by atoms with E-state index >= 15 is 0 Å². The van der Waals surface area contributed by atoms with E-state index in [-0.39, 0.29) is 6.04 Å². The molecule has 0 saturated carbocycles. The molecule has 3 nitrogen and oxygen atoms in total. The van der Waals surface area contributed by atoms with E-state index in [1.807, 2.05) is 13.1 Å². The van der Waals surface area contributed by atoms with Gasteiger partial charge in [-0.25, -0.2) is 0 Å². The van der Waals surface area contributed by atoms with Crippen molar-refractivity contribution in [2.75, 3.05) is 14.2 Å². The van der Waals surface area contributed by atoms with E-state index in [4.69, 9.17) is 9.15 Å². The molecule has 19 heavy (non-hydrogen) atoms. The Morgan fingerprint density at radius 1 is 1.16 bits per heavy atom. The summed E-state index contributed by atoms with van der Waals surface area (Å²) in [6, 6.07) is 6.21. The van der Waals surface area contributed by atoms with Gasteiger partial charge in [-0.15, -0.1) is 0 Å². The predicted molar refractivity (Wildman–Crippen MR) is 76.8 cm³/mol. The molecule has 1 unspecified atom stereocenters. The van der Waals surface area contributed by atoms with Crippen LogP contribution < -0.4 is 10.1 Å². The Morgan fingerprint density at radius 2 is 1.89 bits per heavy atom. The molecule has 0 radical (unpaired) electrons. The number of aryl methyl sites for hydroxylation is 3. The molecule has 1 N–H and O–H groups in total. The molecule has 3 heteroatoms. The maximum atomic E-state index is 5.64. The molecule has 0 aliphatic rings. The number of methoxy groups -OCH3 is 1. The highest BCUT2D eigenvalue weighted by Gasteiger charge is 2.23. The minimum atomic E-state index is 0.00514. The Morgan fingerprint density at radius 3 is 2.42 bits per heavy atom. The first-order valence-electron chi connectivity index (χ1n) is 6.44. The van der Waals surface area contributed by atoms with Crippen LogP contribution in [0.3, 0.4) is 0 Å². The second kappa shape index (κ2) is 5.49. The molecular formula is C16H21NO2. The monoisotopic (exact) mass is 259 g/mol. The Hall–Kier alpha value is -1.74. The molecule has 2 rings (SSSR count). The minimum absolute atomic E-state index is 0.00514. The molecule has 0 spiro atoms. The van der Waals surface area contributed by atoms with Crippen LogP contribution in [-0.2, 0) is 0 Å². The summed E-state index contributed by atoms with van der Waals surface area (Å²) in [5.41, 5.74) is 4.67. The number of hydrogen-bond donors (Lipinski definition) is 1. The van der Waals surface area contributed by atoms with Crippen molar-refractivity contribution >= 4 is 0 Å². The van der Waals surface area contributed by atoms with Gasteiger partial charge in [0.05, 0.1) is 19.4 Å². The quantitative estimate of drug-likeness (QED) is 0.912. The lowest BCUT2D eigenvalue weighted by atomic mass is 9.95. The van der Waals surface area contributed by atoms with E-state index in [0.717, 1.165) is 22.6 Å². The summed E-state index contributed by atoms with van der Waals surface area (Å²) < 4.78 is 11.2. The third-order valence-corrected chi connectivity index (χ3v) is 3.45. The molecule has 102 valence electrons. The van der Waals surface area contributed by atoms with Crippen molar-refractivity contribution in [1.29, 1.82) is 0 Å². The van der Waals surface area contributed by atoms with Crippen LogP contribution in [0, 0.1) is 20.8 Å². The second-order valence-corrected chi connectivity index (χ2v) is 4.89. The van der Waals surface area contributed by atoms with Gasteiger partial charge < -0.3 is 14.5 Å². The van der Waals surface area contributed by atoms with Gasteiger partial charge in [0.25, 0.3) is 0 Å². The molecular weight excluding hydrogens is 238 g/mol. The van der Waals surface area contributed by atoms with Crippen LogP contribution in [0.2, 0.25) is 0 Å². The fourth-order valence-electron chi connectivity index (χ4n) is 2.57. The van der Waals surface area contributed by atoms with Crippen molar-refractivity contribution in [1.82, 2.24) is 5.32 Å². The van der Waals surface area contributed by atoms with Crippen LogP contribution >= 0.6 is 0 Å². The van der Waals surface area contributed by atoms with Gasteiger partial charge in [-0.05, 0) is 56.6 Å². The van der Waals surface area contributed by atoms with Crippen LogP contribution in [0.1, 0.15) is 34.1 Å². The largest absolute Gasteiger partial charge is 0.496 e. The lowest BCUT2D eigenvalue weighted by Gasteiger charge is -2.21. The molecule has 2 aromatic rings. The zero-order valence-corrected chi connectivity index (χ0v) is 12.2. The molecule has 1 aromatic carbocycles. The summed E-state index contributed by atoms with van der Waals surface area (Å²) in [5, 5.41) is 3.32. The average Bonchev–Trinajstić information content (AvgIpc) is 2.78. The minimum Gasteiger partial charge on any atom is -0.496 e. The van der Waals surface area contributed by atoms with Crippen molar-refractivity contribution in [3.8, 4) is 5.75 Å². The van der Waals surface area contributed by atoms with E-state index in [1.165, 1.54) is 11.1 Å². The highest BCUT2D eigenvalue weighted by Crippen LogP contribution is 2.35. The van der Waals surface area contributed by atoms with E-state index in [2.05, 4.69) is 38.2 Å². The third kappa shape index (κ3) is 2.51. The van der Waals surface area contributed by atoms with Crippen LogP contribution in [-0.4, -0.2) is 14.2 Å². The highest BCUT2D eigenvalue weighted by molar-refractivity contribution is 5.48. The van der Waals surface area contributed by atoms with Gasteiger partial charge in [0.15, 0.2) is 0 Å². The normalized spacial score (nSPS) is 12.5. The average molecular weight is 259 g/mol. The predicted octanol–water partition coefficient (Wildman–Crippen LogP) is 3.52. The van der Waals surface area contributed by atoms with Gasteiger partial charge in [0, 0.05) is 5.56 Å². The van der Waals surface area contributed by atoms with Crippen LogP contribution in [0.5, 0.6) is 5.75 Å². The number of ether oxygens (including phenoxy) is 1. The molecule has 0 bridgehead atoms. The van der Waals surface area contributed by atoms with Gasteiger partial charge in [-0.1, -0.05) is 6.07 Å². The van der Waals surface area contributed by atoms with Crippen LogP contribution in [0.4, 0.5) is 0 Å². The molecule has 0 aliphatic heterocycles. The molecule has 0 fully saturated rings. The van der Waals surface area contributed by atoms with E-state index in [0.29, 0.717) is 0 Å². The number of hydrogen-bond acceptors (Lipinski definition) is 3. The van der Waals surface area contributed by atoms with Gasteiger partial charge >= 0.3 is 0 Å². The number of benzene rings is 1. The lowest BCUT2D eigenvalue weighted by molar-refractivity contribution is 0.395.